The van der Waals surface area contributed by atoms with E-state index in [1.54, 1.807) is 0 Å². The first-order chi connectivity index (χ1) is 28.3. The molecule has 1 aliphatic rings. The van der Waals surface area contributed by atoms with Crippen molar-refractivity contribution in [2.45, 2.75) is 9.79 Å². The third-order valence-corrected chi connectivity index (χ3v) is 18.0. The number of nitrogens with zero attached hydrogens (tertiary/aromatic N) is 4. The van der Waals surface area contributed by atoms with Gasteiger partial charge >= 0.3 is 0 Å². The molecule has 0 saturated heterocycles. The van der Waals surface area contributed by atoms with Gasteiger partial charge < -0.3 is 4.74 Å². The Labute approximate surface area is 333 Å². The lowest BCUT2D eigenvalue weighted by atomic mass is 10.1. The lowest BCUT2D eigenvalue weighted by molar-refractivity contribution is 0.484. The lowest BCUT2D eigenvalue weighted by Crippen LogP contribution is -2.76. The molecular formula is C50H32N4OSSi. The zero-order valence-electron chi connectivity index (χ0n) is 30.6. The highest BCUT2D eigenvalue weighted by atomic mass is 32.2. The first-order valence-corrected chi connectivity index (χ1v) is 22.0. The average molecular weight is 765 g/mol. The van der Waals surface area contributed by atoms with Crippen LogP contribution in [0.4, 0.5) is 0 Å². The highest BCUT2D eigenvalue weighted by Crippen LogP contribution is 2.41. The molecule has 7 aromatic carbocycles. The maximum atomic E-state index is 6.74. The summed E-state index contributed by atoms with van der Waals surface area (Å²) >= 11 is 1.88. The number of rotatable bonds is 5. The molecule has 0 saturated carbocycles. The van der Waals surface area contributed by atoms with Gasteiger partial charge in [-0.25, -0.2) is 9.97 Å². The molecule has 11 aromatic rings. The molecule has 1 aliphatic heterocycles. The molecule has 0 radical (unpaired) electrons. The smallest absolute Gasteiger partial charge is 0.181 e. The molecule has 0 fully saturated rings. The molecule has 0 amide bonds. The first kappa shape index (κ1) is 32.3. The lowest BCUT2D eigenvalue weighted by Gasteiger charge is -2.40. The standard InChI is InChI=1S/C50H32N4OSSi/c1-3-13-35(14-4-1)57(36-15-5-2-6-16-36)47-20-10-9-19-45(47)56-46-32-44-40(31-48(46)57)39-25-23-34(30-43(39)54(44)49-21-11-12-26-51-49)55-33-22-24-37-38-17-7-8-18-42(38)53-28-27-52-50(53)41(37)29-33/h1-32H. The average Bonchev–Trinajstić information content (AvgIpc) is 3.89. The summed E-state index contributed by atoms with van der Waals surface area (Å²) in [6, 6.07) is 63.8. The van der Waals surface area contributed by atoms with Crippen LogP contribution in [0.1, 0.15) is 0 Å². The summed E-state index contributed by atoms with van der Waals surface area (Å²) in [4.78, 5) is 12.3. The van der Waals surface area contributed by atoms with Gasteiger partial charge in [-0.1, -0.05) is 121 Å². The Kier molecular flexibility index (Phi) is 7.11. The minimum Gasteiger partial charge on any atom is -0.457 e. The molecule has 5 nitrogen and oxygen atoms in total. The highest BCUT2D eigenvalue weighted by molar-refractivity contribution is 8.00. The summed E-state index contributed by atoms with van der Waals surface area (Å²) in [5.41, 5.74) is 4.21. The quantitative estimate of drug-likeness (QED) is 0.129. The van der Waals surface area contributed by atoms with Gasteiger partial charge in [-0.05, 0) is 86.8 Å². The van der Waals surface area contributed by atoms with E-state index in [0.717, 1.165) is 55.7 Å². The number of aromatic nitrogens is 4. The molecule has 0 bridgehead atoms. The summed E-state index contributed by atoms with van der Waals surface area (Å²) in [6.45, 7) is 0. The van der Waals surface area contributed by atoms with Crippen LogP contribution in [0.25, 0.3) is 54.9 Å². The van der Waals surface area contributed by atoms with Crippen LogP contribution in [-0.2, 0) is 0 Å². The normalized spacial score (nSPS) is 13.3. The highest BCUT2D eigenvalue weighted by Gasteiger charge is 2.47. The van der Waals surface area contributed by atoms with E-state index in [9.17, 15) is 0 Å². The minimum absolute atomic E-state index is 0.755. The van der Waals surface area contributed by atoms with E-state index < -0.39 is 8.07 Å². The van der Waals surface area contributed by atoms with Gasteiger partial charge in [0.2, 0.25) is 0 Å². The summed E-state index contributed by atoms with van der Waals surface area (Å²) in [7, 11) is -2.74. The third-order valence-electron chi connectivity index (χ3n) is 11.6. The van der Waals surface area contributed by atoms with Gasteiger partial charge in [0, 0.05) is 56.0 Å². The van der Waals surface area contributed by atoms with E-state index in [1.807, 2.05) is 36.4 Å². The molecule has 268 valence electrons. The van der Waals surface area contributed by atoms with Gasteiger partial charge in [0.1, 0.15) is 23.0 Å². The predicted octanol–water partition coefficient (Wildman–Crippen LogP) is 9.77. The number of benzene rings is 7. The molecule has 12 rings (SSSR count). The zero-order valence-corrected chi connectivity index (χ0v) is 32.4. The second-order valence-electron chi connectivity index (χ2n) is 14.6. The second kappa shape index (κ2) is 12.5. The fourth-order valence-electron chi connectivity index (χ4n) is 9.24. The number of hydrogen-bond acceptors (Lipinski definition) is 4. The van der Waals surface area contributed by atoms with Crippen LogP contribution in [0.3, 0.4) is 0 Å². The van der Waals surface area contributed by atoms with Crippen LogP contribution >= 0.6 is 11.8 Å². The van der Waals surface area contributed by atoms with Gasteiger partial charge in [0.15, 0.2) is 8.07 Å². The van der Waals surface area contributed by atoms with E-state index in [-0.39, 0.29) is 0 Å². The SMILES string of the molecule is c1ccc([Si]2(c3ccccc3)c3ccccc3Sc3cc4c(cc32)c2ccc(Oc3ccc5c6ccccc6n6ccnc6c5c3)cc2n4-c2ccccn2)cc1. The van der Waals surface area contributed by atoms with Crippen LogP contribution in [0.5, 0.6) is 11.5 Å². The van der Waals surface area contributed by atoms with Crippen molar-refractivity contribution in [1.82, 2.24) is 18.9 Å². The summed E-state index contributed by atoms with van der Waals surface area (Å²) in [5.74, 6) is 2.38. The summed E-state index contributed by atoms with van der Waals surface area (Å²) in [5, 5.41) is 11.3. The fourth-order valence-corrected chi connectivity index (χ4v) is 16.2. The molecule has 4 aromatic heterocycles. The van der Waals surface area contributed by atoms with Gasteiger partial charge in [-0.15, -0.1) is 0 Å². The van der Waals surface area contributed by atoms with Crippen molar-refractivity contribution in [3.05, 3.63) is 195 Å². The van der Waals surface area contributed by atoms with Gasteiger partial charge in [0.25, 0.3) is 0 Å². The fraction of sp³-hybridized carbons (Fsp3) is 0. The van der Waals surface area contributed by atoms with Crippen LogP contribution in [0.2, 0.25) is 0 Å². The van der Waals surface area contributed by atoms with Crippen molar-refractivity contribution in [2.24, 2.45) is 0 Å². The predicted molar refractivity (Wildman–Crippen MR) is 237 cm³/mol. The first-order valence-electron chi connectivity index (χ1n) is 19.1. The Morgan fingerprint density at radius 2 is 1.14 bits per heavy atom. The van der Waals surface area contributed by atoms with E-state index in [0.29, 0.717) is 0 Å². The van der Waals surface area contributed by atoms with Gasteiger partial charge in [-0.3, -0.25) is 8.97 Å². The summed E-state index contributed by atoms with van der Waals surface area (Å²) in [6.07, 6.45) is 5.76. The van der Waals surface area contributed by atoms with E-state index in [2.05, 4.69) is 179 Å². The van der Waals surface area contributed by atoms with E-state index in [4.69, 9.17) is 14.7 Å². The topological polar surface area (TPSA) is 44.4 Å². The Morgan fingerprint density at radius 1 is 0.456 bits per heavy atom. The van der Waals surface area contributed by atoms with Crippen molar-refractivity contribution < 1.29 is 4.74 Å². The third kappa shape index (κ3) is 4.76. The molecule has 7 heteroatoms. The van der Waals surface area contributed by atoms with E-state index in [1.165, 1.54) is 41.3 Å². The Morgan fingerprint density at radius 3 is 1.95 bits per heavy atom. The monoisotopic (exact) mass is 764 g/mol. The molecule has 0 N–H and O–H groups in total. The molecular weight excluding hydrogens is 733 g/mol. The number of para-hydroxylation sites is 1. The van der Waals surface area contributed by atoms with Crippen molar-refractivity contribution in [1.29, 1.82) is 0 Å². The molecule has 57 heavy (non-hydrogen) atoms. The van der Waals surface area contributed by atoms with Crippen molar-refractivity contribution in [3.63, 3.8) is 0 Å². The maximum Gasteiger partial charge on any atom is 0.181 e. The van der Waals surface area contributed by atoms with Crippen LogP contribution in [0.15, 0.2) is 204 Å². The van der Waals surface area contributed by atoms with Crippen LogP contribution < -0.4 is 25.5 Å². The second-order valence-corrected chi connectivity index (χ2v) is 19.4. The Bertz CT molecular complexity index is 3320. The molecule has 0 atom stereocenters. The number of pyridine rings is 2. The molecule has 0 unspecified atom stereocenters. The largest absolute Gasteiger partial charge is 0.457 e. The Balaban J connectivity index is 1.09. The van der Waals surface area contributed by atoms with Crippen molar-refractivity contribution in [2.75, 3.05) is 0 Å². The number of ether oxygens (including phenoxy) is 1. The number of fused-ring (bicyclic) bond motifs is 11. The van der Waals surface area contributed by atoms with Gasteiger partial charge in [-0.2, -0.15) is 0 Å². The summed E-state index contributed by atoms with van der Waals surface area (Å²) < 4.78 is 11.2. The Hall–Kier alpha value is -6.93. The van der Waals surface area contributed by atoms with Crippen molar-refractivity contribution in [3.8, 4) is 17.3 Å². The van der Waals surface area contributed by atoms with Crippen molar-refractivity contribution >= 4 is 89.7 Å². The van der Waals surface area contributed by atoms with Gasteiger partial charge in [0.05, 0.1) is 16.6 Å². The molecule has 5 heterocycles. The molecule has 0 spiro atoms. The number of imidazole rings is 1. The minimum atomic E-state index is -2.74. The number of hydrogen-bond donors (Lipinski definition) is 0. The van der Waals surface area contributed by atoms with E-state index >= 15 is 0 Å². The molecule has 0 aliphatic carbocycles. The van der Waals surface area contributed by atoms with Crippen LogP contribution in [0, 0.1) is 0 Å². The zero-order chi connectivity index (χ0) is 37.5. The maximum absolute atomic E-state index is 6.74. The van der Waals surface area contributed by atoms with Crippen LogP contribution in [-0.4, -0.2) is 27.0 Å².